The van der Waals surface area contributed by atoms with Crippen molar-refractivity contribution in [1.29, 1.82) is 0 Å². The molecule has 3 saturated heterocycles. The van der Waals surface area contributed by atoms with E-state index < -0.39 is 5.60 Å². The molecule has 17 heavy (non-hydrogen) atoms. The van der Waals surface area contributed by atoms with Crippen molar-refractivity contribution in [3.63, 3.8) is 0 Å². The number of rotatable bonds is 1. The second-order valence-electron chi connectivity index (χ2n) is 6.53. The molecule has 0 spiro atoms. The number of hydrogen-bond donors (Lipinski definition) is 2. The summed E-state index contributed by atoms with van der Waals surface area (Å²) in [5, 5.41) is 14.5. The van der Waals surface area contributed by atoms with Crippen LogP contribution in [0.25, 0.3) is 0 Å². The van der Waals surface area contributed by atoms with E-state index in [-0.39, 0.29) is 0 Å². The average molecular weight is 238 g/mol. The van der Waals surface area contributed by atoms with E-state index in [1.54, 1.807) is 0 Å². The Labute approximate surface area is 105 Å². The Hall–Kier alpha value is -0.120. The molecule has 3 aliphatic rings. The molecule has 0 aromatic carbocycles. The Bertz CT molecular complexity index is 283. The molecule has 3 rings (SSSR count). The topological polar surface area (TPSA) is 35.5 Å². The van der Waals surface area contributed by atoms with Gasteiger partial charge in [0.25, 0.3) is 0 Å². The lowest BCUT2D eigenvalue weighted by Gasteiger charge is -2.47. The van der Waals surface area contributed by atoms with E-state index in [1.807, 2.05) is 0 Å². The molecule has 2 N–H and O–H groups in total. The second-order valence-corrected chi connectivity index (χ2v) is 6.53. The van der Waals surface area contributed by atoms with Gasteiger partial charge in [0.1, 0.15) is 0 Å². The molecule has 0 bridgehead atoms. The highest BCUT2D eigenvalue weighted by Gasteiger charge is 2.45. The third-order valence-electron chi connectivity index (χ3n) is 5.23. The van der Waals surface area contributed by atoms with Crippen LogP contribution in [0.3, 0.4) is 0 Å². The maximum absolute atomic E-state index is 11.0. The van der Waals surface area contributed by atoms with Crippen molar-refractivity contribution in [2.75, 3.05) is 19.6 Å². The number of fused-ring (bicyclic) bond motifs is 1. The van der Waals surface area contributed by atoms with Crippen LogP contribution in [0.15, 0.2) is 0 Å². The summed E-state index contributed by atoms with van der Waals surface area (Å²) in [5.74, 6) is 0.770. The average Bonchev–Trinajstić information content (AvgIpc) is 2.76. The van der Waals surface area contributed by atoms with E-state index in [0.29, 0.717) is 12.1 Å². The molecule has 98 valence electrons. The summed E-state index contributed by atoms with van der Waals surface area (Å²) in [6.45, 7) is 5.77. The first-order chi connectivity index (χ1) is 8.17. The fourth-order valence-corrected chi connectivity index (χ4v) is 4.10. The van der Waals surface area contributed by atoms with Gasteiger partial charge in [0.05, 0.1) is 5.60 Å². The molecule has 4 atom stereocenters. The van der Waals surface area contributed by atoms with Gasteiger partial charge in [0.2, 0.25) is 0 Å². The molecule has 3 heteroatoms. The fraction of sp³-hybridized carbons (Fsp3) is 1.00. The van der Waals surface area contributed by atoms with Gasteiger partial charge in [-0.3, -0.25) is 0 Å². The van der Waals surface area contributed by atoms with Crippen LogP contribution < -0.4 is 5.32 Å². The summed E-state index contributed by atoms with van der Waals surface area (Å²) in [7, 11) is 0. The molecule has 3 fully saturated rings. The van der Waals surface area contributed by atoms with Crippen LogP contribution in [-0.2, 0) is 0 Å². The Kier molecular flexibility index (Phi) is 3.18. The lowest BCUT2D eigenvalue weighted by Crippen LogP contribution is -2.60. The van der Waals surface area contributed by atoms with E-state index in [0.717, 1.165) is 38.3 Å². The molecule has 3 aliphatic heterocycles. The summed E-state index contributed by atoms with van der Waals surface area (Å²) in [4.78, 5) is 2.58. The van der Waals surface area contributed by atoms with Gasteiger partial charge in [0.15, 0.2) is 0 Å². The second kappa shape index (κ2) is 4.52. The zero-order valence-electron chi connectivity index (χ0n) is 11.0. The van der Waals surface area contributed by atoms with Crippen molar-refractivity contribution in [3.8, 4) is 0 Å². The molecule has 3 heterocycles. The van der Waals surface area contributed by atoms with Crippen LogP contribution >= 0.6 is 0 Å². The van der Waals surface area contributed by atoms with E-state index in [9.17, 15) is 5.11 Å². The molecule has 4 unspecified atom stereocenters. The summed E-state index contributed by atoms with van der Waals surface area (Å²) >= 11 is 0. The normalized spacial score (nSPS) is 48.0. The van der Waals surface area contributed by atoms with Gasteiger partial charge in [-0.15, -0.1) is 0 Å². The van der Waals surface area contributed by atoms with Crippen LogP contribution in [0.4, 0.5) is 0 Å². The van der Waals surface area contributed by atoms with Gasteiger partial charge in [-0.1, -0.05) is 6.92 Å². The first kappa shape index (κ1) is 11.9. The molecule has 3 nitrogen and oxygen atoms in total. The minimum atomic E-state index is -0.430. The quantitative estimate of drug-likeness (QED) is 0.724. The number of aliphatic hydroxyl groups is 1. The maximum Gasteiger partial charge on any atom is 0.0827 e. The zero-order valence-corrected chi connectivity index (χ0v) is 11.0. The SMILES string of the molecule is CC1CCNC(C2(O)CCN3CCCC3C2)C1. The van der Waals surface area contributed by atoms with Crippen molar-refractivity contribution >= 4 is 0 Å². The summed E-state index contributed by atoms with van der Waals surface area (Å²) < 4.78 is 0. The van der Waals surface area contributed by atoms with Crippen LogP contribution in [0.1, 0.15) is 45.4 Å². The predicted octanol–water partition coefficient (Wildman–Crippen LogP) is 1.36. The first-order valence-electron chi connectivity index (χ1n) is 7.37. The Balaban J connectivity index is 1.68. The van der Waals surface area contributed by atoms with Crippen LogP contribution in [0.2, 0.25) is 0 Å². The van der Waals surface area contributed by atoms with Gasteiger partial charge in [-0.05, 0) is 57.5 Å². The molecule has 0 radical (unpaired) electrons. The van der Waals surface area contributed by atoms with Gasteiger partial charge < -0.3 is 15.3 Å². The van der Waals surface area contributed by atoms with E-state index in [2.05, 4.69) is 17.1 Å². The van der Waals surface area contributed by atoms with Gasteiger partial charge in [-0.2, -0.15) is 0 Å². The minimum Gasteiger partial charge on any atom is -0.388 e. The van der Waals surface area contributed by atoms with Gasteiger partial charge in [0, 0.05) is 18.6 Å². The highest BCUT2D eigenvalue weighted by Crippen LogP contribution is 2.37. The van der Waals surface area contributed by atoms with E-state index >= 15 is 0 Å². The van der Waals surface area contributed by atoms with E-state index in [1.165, 1.54) is 25.8 Å². The van der Waals surface area contributed by atoms with E-state index in [4.69, 9.17) is 0 Å². The van der Waals surface area contributed by atoms with Gasteiger partial charge >= 0.3 is 0 Å². The molecule has 0 saturated carbocycles. The smallest absolute Gasteiger partial charge is 0.0827 e. The Morgan fingerprint density at radius 3 is 3.00 bits per heavy atom. The van der Waals surface area contributed by atoms with Crippen molar-refractivity contribution in [3.05, 3.63) is 0 Å². The molecular weight excluding hydrogens is 212 g/mol. The summed E-state index contributed by atoms with van der Waals surface area (Å²) in [6.07, 6.45) is 7.01. The largest absolute Gasteiger partial charge is 0.388 e. The highest BCUT2D eigenvalue weighted by atomic mass is 16.3. The van der Waals surface area contributed by atoms with Crippen molar-refractivity contribution < 1.29 is 5.11 Å². The fourth-order valence-electron chi connectivity index (χ4n) is 4.10. The molecule has 0 aromatic rings. The Morgan fingerprint density at radius 1 is 1.29 bits per heavy atom. The highest BCUT2D eigenvalue weighted by molar-refractivity contribution is 5.02. The summed E-state index contributed by atoms with van der Waals surface area (Å²) in [6, 6.07) is 1.00. The Morgan fingerprint density at radius 2 is 2.18 bits per heavy atom. The number of nitrogens with zero attached hydrogens (tertiary/aromatic N) is 1. The predicted molar refractivity (Wildman–Crippen MR) is 69.0 cm³/mol. The zero-order chi connectivity index (χ0) is 11.9. The monoisotopic (exact) mass is 238 g/mol. The van der Waals surface area contributed by atoms with Crippen LogP contribution in [-0.4, -0.2) is 47.3 Å². The maximum atomic E-state index is 11.0. The standard InChI is InChI=1S/C14H26N2O/c1-11-4-6-15-13(9-11)14(17)5-8-16-7-2-3-12(16)10-14/h11-13,15,17H,2-10H2,1H3. The van der Waals surface area contributed by atoms with Crippen molar-refractivity contribution in [2.24, 2.45) is 5.92 Å². The number of nitrogens with one attached hydrogen (secondary N) is 1. The van der Waals surface area contributed by atoms with Crippen molar-refractivity contribution in [2.45, 2.75) is 63.1 Å². The van der Waals surface area contributed by atoms with Crippen LogP contribution in [0.5, 0.6) is 0 Å². The summed E-state index contributed by atoms with van der Waals surface area (Å²) in [5.41, 5.74) is -0.430. The van der Waals surface area contributed by atoms with Gasteiger partial charge in [-0.25, -0.2) is 0 Å². The van der Waals surface area contributed by atoms with Crippen molar-refractivity contribution in [1.82, 2.24) is 10.2 Å². The molecule has 0 aromatic heterocycles. The molecule has 0 amide bonds. The first-order valence-corrected chi connectivity index (χ1v) is 7.37. The minimum absolute atomic E-state index is 0.342. The number of piperidine rings is 2. The lowest BCUT2D eigenvalue weighted by molar-refractivity contribution is -0.0722. The van der Waals surface area contributed by atoms with Crippen LogP contribution in [0, 0.1) is 5.92 Å². The molecule has 0 aliphatic carbocycles. The third kappa shape index (κ3) is 2.25. The number of hydrogen-bond acceptors (Lipinski definition) is 3. The lowest BCUT2D eigenvalue weighted by atomic mass is 9.76. The molecular formula is C14H26N2O. The third-order valence-corrected chi connectivity index (χ3v) is 5.23.